The molecule has 0 heterocycles. The van der Waals surface area contributed by atoms with E-state index in [1.165, 1.54) is 0 Å². The van der Waals surface area contributed by atoms with Gasteiger partial charge in [-0.2, -0.15) is 10.1 Å². The van der Waals surface area contributed by atoms with Crippen molar-refractivity contribution in [1.82, 2.24) is 10.1 Å². The maximum atomic E-state index is 13.9. The quantitative estimate of drug-likeness (QED) is 0.0747. The summed E-state index contributed by atoms with van der Waals surface area (Å²) in [4.78, 5) is 12.8. The summed E-state index contributed by atoms with van der Waals surface area (Å²) in [5.41, 5.74) is 2.66. The van der Waals surface area contributed by atoms with Crippen LogP contribution in [0.5, 0.6) is 0 Å². The summed E-state index contributed by atoms with van der Waals surface area (Å²) in [6.07, 6.45) is 0.105. The van der Waals surface area contributed by atoms with Crippen LogP contribution in [-0.4, -0.2) is 46.9 Å². The Kier molecular flexibility index (Phi) is 15.8. The van der Waals surface area contributed by atoms with Crippen LogP contribution in [0, 0.1) is 10.8 Å². The molecule has 0 fully saturated rings. The molecule has 0 amide bonds. The number of alkyl halides is 2. The fourth-order valence-corrected chi connectivity index (χ4v) is 6.38. The van der Waals surface area contributed by atoms with Gasteiger partial charge < -0.3 is 0 Å². The van der Waals surface area contributed by atoms with Crippen LogP contribution in [0.1, 0.15) is 105 Å². The standard InChI is InChI=1S/C36H59Cl2N2O5P/c1-33(2,3)31(39(35(7,8)9)42-23-21-27-13-17-29(25-37)18-14-27)44-46(41)45-32(34(4,5)6)40(36(10,11)12)43-24-22-28-15-19-30(26-38)20-16-28/h13-20,31-32,46H,21-26H2,1-12H3. The van der Waals surface area contributed by atoms with Crippen LogP contribution in [-0.2, 0) is 47.9 Å². The lowest BCUT2D eigenvalue weighted by Gasteiger charge is -2.46. The third-order valence-corrected chi connectivity index (χ3v) is 8.69. The fraction of sp³-hybridized carbons (Fsp3) is 0.667. The van der Waals surface area contributed by atoms with Crippen LogP contribution in [0.15, 0.2) is 48.5 Å². The summed E-state index contributed by atoms with van der Waals surface area (Å²) in [6.45, 7) is 25.5. The van der Waals surface area contributed by atoms with Crippen LogP contribution in [0.3, 0.4) is 0 Å². The summed E-state index contributed by atoms with van der Waals surface area (Å²) in [6, 6.07) is 16.4. The van der Waals surface area contributed by atoms with Crippen LogP contribution in [0.25, 0.3) is 0 Å². The molecule has 0 aromatic heterocycles. The lowest BCUT2D eigenvalue weighted by molar-refractivity contribution is -0.306. The highest BCUT2D eigenvalue weighted by atomic mass is 35.5. The number of nitrogens with zero attached hydrogens (tertiary/aromatic N) is 2. The maximum Gasteiger partial charge on any atom is 0.322 e. The summed E-state index contributed by atoms with van der Waals surface area (Å²) >= 11 is 11.9. The number of halogens is 2. The molecule has 0 aliphatic carbocycles. The first kappa shape index (κ1) is 41.2. The fourth-order valence-electron chi connectivity index (χ4n) is 4.70. The predicted octanol–water partition coefficient (Wildman–Crippen LogP) is 10.2. The van der Waals surface area contributed by atoms with E-state index >= 15 is 0 Å². The molecule has 0 aliphatic heterocycles. The largest absolute Gasteiger partial charge is 0.322 e. The maximum absolute atomic E-state index is 13.9. The van der Waals surface area contributed by atoms with Gasteiger partial charge in [0, 0.05) is 33.7 Å². The average Bonchev–Trinajstić information content (AvgIpc) is 2.94. The van der Waals surface area contributed by atoms with E-state index in [0.29, 0.717) is 37.8 Å². The Labute approximate surface area is 290 Å². The van der Waals surface area contributed by atoms with Crippen molar-refractivity contribution in [3.05, 3.63) is 70.8 Å². The first-order valence-electron chi connectivity index (χ1n) is 16.2. The third kappa shape index (κ3) is 13.5. The molecule has 0 aliphatic rings. The smallest absolute Gasteiger partial charge is 0.296 e. The van der Waals surface area contributed by atoms with E-state index in [2.05, 4.69) is 65.8 Å². The molecule has 0 bridgehead atoms. The second-order valence-corrected chi connectivity index (χ2v) is 17.5. The van der Waals surface area contributed by atoms with Gasteiger partial charge in [-0.05, 0) is 76.6 Å². The molecule has 2 rings (SSSR count). The zero-order valence-electron chi connectivity index (χ0n) is 30.2. The van der Waals surface area contributed by atoms with Gasteiger partial charge in [0.15, 0.2) is 0 Å². The van der Waals surface area contributed by atoms with Crippen molar-refractivity contribution in [2.75, 3.05) is 13.2 Å². The number of rotatable bonds is 16. The van der Waals surface area contributed by atoms with Crippen molar-refractivity contribution in [2.24, 2.45) is 10.8 Å². The first-order chi connectivity index (χ1) is 21.2. The topological polar surface area (TPSA) is 60.5 Å². The Bertz CT molecular complexity index is 1110. The lowest BCUT2D eigenvalue weighted by Crippen LogP contribution is -2.55. The number of benzene rings is 2. The Hall–Kier alpha value is -0.990. The molecule has 2 aromatic rings. The van der Waals surface area contributed by atoms with Crippen LogP contribution in [0.4, 0.5) is 0 Å². The molecule has 0 saturated heterocycles. The second kappa shape index (κ2) is 17.6. The van der Waals surface area contributed by atoms with E-state index in [1.54, 1.807) is 0 Å². The normalized spacial score (nSPS) is 15.4. The van der Waals surface area contributed by atoms with Gasteiger partial charge >= 0.3 is 8.25 Å². The van der Waals surface area contributed by atoms with Gasteiger partial charge in [-0.1, -0.05) is 90.1 Å². The Balaban J connectivity index is 2.22. The Morgan fingerprint density at radius 2 is 0.848 bits per heavy atom. The molecule has 0 spiro atoms. The molecular formula is C36H59Cl2N2O5P. The molecule has 2 atom stereocenters. The highest BCUT2D eigenvalue weighted by molar-refractivity contribution is 7.33. The Morgan fingerprint density at radius 3 is 1.09 bits per heavy atom. The highest BCUT2D eigenvalue weighted by Gasteiger charge is 2.43. The van der Waals surface area contributed by atoms with Gasteiger partial charge in [-0.25, -0.2) is 0 Å². The van der Waals surface area contributed by atoms with Crippen molar-refractivity contribution in [3.8, 4) is 0 Å². The molecule has 2 unspecified atom stereocenters. The minimum Gasteiger partial charge on any atom is -0.296 e. The van der Waals surface area contributed by atoms with Gasteiger partial charge in [0.05, 0.1) is 13.2 Å². The van der Waals surface area contributed by atoms with Crippen molar-refractivity contribution in [2.45, 2.75) is 131 Å². The number of hydrogen-bond donors (Lipinski definition) is 0. The molecule has 7 nitrogen and oxygen atoms in total. The summed E-state index contributed by atoms with van der Waals surface area (Å²) in [7, 11) is -3.05. The van der Waals surface area contributed by atoms with E-state index in [9.17, 15) is 4.57 Å². The number of hydrogen-bond acceptors (Lipinski definition) is 7. The van der Waals surface area contributed by atoms with Crippen LogP contribution in [0.2, 0.25) is 0 Å². The van der Waals surface area contributed by atoms with Gasteiger partial charge in [-0.15, -0.1) is 23.2 Å². The summed E-state index contributed by atoms with van der Waals surface area (Å²) in [5, 5.41) is 3.65. The Morgan fingerprint density at radius 1 is 0.565 bits per heavy atom. The van der Waals surface area contributed by atoms with Crippen LogP contribution < -0.4 is 0 Å². The average molecular weight is 702 g/mol. The van der Waals surface area contributed by atoms with E-state index in [-0.39, 0.29) is 0 Å². The third-order valence-electron chi connectivity index (χ3n) is 7.24. The van der Waals surface area contributed by atoms with E-state index in [4.69, 9.17) is 41.9 Å². The molecule has 262 valence electrons. The molecule has 2 aromatic carbocycles. The molecule has 46 heavy (non-hydrogen) atoms. The zero-order valence-corrected chi connectivity index (χ0v) is 32.7. The summed E-state index contributed by atoms with van der Waals surface area (Å²) < 4.78 is 26.6. The SMILES string of the molecule is CC(C)(C)C(O[PH](=O)OC(N(OCCc1ccc(CCl)cc1)C(C)(C)C)C(C)(C)C)N(OCCc1ccc(CCl)cc1)C(C)(C)C. The minimum absolute atomic E-state index is 0.431. The summed E-state index contributed by atoms with van der Waals surface area (Å²) in [5.74, 6) is 0.972. The van der Waals surface area contributed by atoms with Crippen molar-refractivity contribution >= 4 is 31.5 Å². The monoisotopic (exact) mass is 700 g/mol. The van der Waals surface area contributed by atoms with Crippen molar-refractivity contribution in [3.63, 3.8) is 0 Å². The minimum atomic E-state index is -3.05. The molecule has 0 N–H and O–H groups in total. The van der Waals surface area contributed by atoms with Gasteiger partial charge in [0.25, 0.3) is 0 Å². The zero-order chi connectivity index (χ0) is 34.9. The van der Waals surface area contributed by atoms with Gasteiger partial charge in [0.2, 0.25) is 0 Å². The van der Waals surface area contributed by atoms with E-state index < -0.39 is 42.6 Å². The predicted molar refractivity (Wildman–Crippen MR) is 192 cm³/mol. The van der Waals surface area contributed by atoms with E-state index in [0.717, 1.165) is 22.3 Å². The van der Waals surface area contributed by atoms with Crippen molar-refractivity contribution in [1.29, 1.82) is 0 Å². The van der Waals surface area contributed by atoms with Gasteiger partial charge in [0.1, 0.15) is 12.5 Å². The highest BCUT2D eigenvalue weighted by Crippen LogP contribution is 2.43. The first-order valence-corrected chi connectivity index (χ1v) is 18.5. The molecular weight excluding hydrogens is 642 g/mol. The van der Waals surface area contributed by atoms with E-state index in [1.807, 2.05) is 75.9 Å². The van der Waals surface area contributed by atoms with Gasteiger partial charge in [-0.3, -0.25) is 23.3 Å². The second-order valence-electron chi connectivity index (χ2n) is 16.0. The molecule has 0 saturated carbocycles. The van der Waals surface area contributed by atoms with Crippen LogP contribution >= 0.6 is 31.5 Å². The molecule has 0 radical (unpaired) electrons. The lowest BCUT2D eigenvalue weighted by atomic mass is 9.92. The number of hydroxylamine groups is 4. The van der Waals surface area contributed by atoms with Crippen molar-refractivity contribution < 1.29 is 23.3 Å². The molecule has 10 heteroatoms.